The minimum atomic E-state index is -0.681. The van der Waals surface area contributed by atoms with Gasteiger partial charge in [0.15, 0.2) is 0 Å². The maximum atomic E-state index is 13.9. The molecule has 0 aromatic heterocycles. The number of ether oxygens (including phenoxy) is 2. The van der Waals surface area contributed by atoms with E-state index in [-0.39, 0.29) is 47.9 Å². The van der Waals surface area contributed by atoms with Crippen LogP contribution in [0.3, 0.4) is 0 Å². The summed E-state index contributed by atoms with van der Waals surface area (Å²) >= 11 is 0. The van der Waals surface area contributed by atoms with E-state index in [9.17, 15) is 14.4 Å². The van der Waals surface area contributed by atoms with E-state index in [4.69, 9.17) is 9.47 Å². The average Bonchev–Trinajstić information content (AvgIpc) is 2.96. The highest BCUT2D eigenvalue weighted by atomic mass is 16.5. The summed E-state index contributed by atoms with van der Waals surface area (Å²) in [6.07, 6.45) is 2.16. The summed E-state index contributed by atoms with van der Waals surface area (Å²) in [5.74, 6) is 0.0823. The summed E-state index contributed by atoms with van der Waals surface area (Å²) in [6, 6.07) is 16.5. The normalized spacial score (nSPS) is 25.7. The zero-order chi connectivity index (χ0) is 29.7. The molecule has 5 rings (SSSR count). The van der Waals surface area contributed by atoms with Crippen LogP contribution in [0.1, 0.15) is 62.4 Å². The van der Waals surface area contributed by atoms with Gasteiger partial charge in [-0.15, -0.1) is 0 Å². The molecule has 2 bridgehead atoms. The molecule has 9 heteroatoms. The van der Waals surface area contributed by atoms with E-state index in [1.165, 1.54) is 0 Å². The molecule has 0 unspecified atom stereocenters. The SMILES string of the molecule is CC(C)(C)CC(=O)N[C@@H]1CC[C@H]2CCOc3ccccc3C(=O)N3CCN(Cc4ccccc4)C[C@H]3C(=O)NC[C@H]1O2. The number of piperazine rings is 1. The lowest BCUT2D eigenvalue weighted by atomic mass is 9.91. The summed E-state index contributed by atoms with van der Waals surface area (Å²) in [6.45, 7) is 8.97. The van der Waals surface area contributed by atoms with Gasteiger partial charge in [0, 0.05) is 45.6 Å². The number of rotatable bonds is 4. The standard InChI is InChI=1S/C33H44N4O5/c1-33(2,3)19-30(38)35-26-14-13-24-15-18-41-28-12-8-7-11-25(28)32(40)37-17-16-36(21-23-9-5-4-6-10-23)22-27(37)31(39)34-20-29(26)42-24/h4-12,24,26-27,29H,13-22H2,1-3H3,(H,34,39)(H,35,38)/t24-,26+,27-,29+/m0/s1. The Morgan fingerprint density at radius 2 is 1.76 bits per heavy atom. The fourth-order valence-electron chi connectivity index (χ4n) is 6.10. The molecular formula is C33H44N4O5. The summed E-state index contributed by atoms with van der Waals surface area (Å²) in [7, 11) is 0. The van der Waals surface area contributed by atoms with E-state index in [2.05, 4.69) is 27.7 Å². The lowest BCUT2D eigenvalue weighted by Crippen LogP contribution is -2.62. The first-order valence-corrected chi connectivity index (χ1v) is 15.2. The Morgan fingerprint density at radius 1 is 1.00 bits per heavy atom. The topological polar surface area (TPSA) is 100 Å². The number of fused-ring (bicyclic) bond motifs is 4. The van der Waals surface area contributed by atoms with Crippen molar-refractivity contribution in [3.05, 3.63) is 65.7 Å². The Bertz CT molecular complexity index is 1250. The number of carbonyl (C=O) groups excluding carboxylic acids is 3. The van der Waals surface area contributed by atoms with Gasteiger partial charge in [-0.2, -0.15) is 0 Å². The van der Waals surface area contributed by atoms with Crippen LogP contribution in [0.25, 0.3) is 0 Å². The van der Waals surface area contributed by atoms with Gasteiger partial charge in [-0.1, -0.05) is 63.2 Å². The van der Waals surface area contributed by atoms with Gasteiger partial charge in [0.2, 0.25) is 11.8 Å². The van der Waals surface area contributed by atoms with Gasteiger partial charge in [0.25, 0.3) is 5.91 Å². The highest BCUT2D eigenvalue weighted by molar-refractivity contribution is 6.00. The number of hydrogen-bond acceptors (Lipinski definition) is 6. The largest absolute Gasteiger partial charge is 0.493 e. The molecule has 42 heavy (non-hydrogen) atoms. The average molecular weight is 577 g/mol. The molecule has 0 aliphatic carbocycles. The van der Waals surface area contributed by atoms with Gasteiger partial charge in [0.1, 0.15) is 11.8 Å². The lowest BCUT2D eigenvalue weighted by molar-refractivity contribution is -0.131. The molecule has 4 atom stereocenters. The Labute approximate surface area is 248 Å². The van der Waals surface area contributed by atoms with Crippen LogP contribution in [0.5, 0.6) is 5.75 Å². The molecule has 3 aliphatic heterocycles. The summed E-state index contributed by atoms with van der Waals surface area (Å²) in [5.41, 5.74) is 1.50. The Hall–Kier alpha value is -3.43. The monoisotopic (exact) mass is 576 g/mol. The maximum Gasteiger partial charge on any atom is 0.258 e. The molecule has 2 fully saturated rings. The highest BCUT2D eigenvalue weighted by Gasteiger charge is 2.39. The summed E-state index contributed by atoms with van der Waals surface area (Å²) < 4.78 is 12.6. The number of nitrogens with zero attached hydrogens (tertiary/aromatic N) is 2. The van der Waals surface area contributed by atoms with Crippen LogP contribution in [0.15, 0.2) is 54.6 Å². The van der Waals surface area contributed by atoms with Crippen molar-refractivity contribution in [1.29, 1.82) is 0 Å². The molecule has 2 N–H and O–H groups in total. The minimum Gasteiger partial charge on any atom is -0.493 e. The number of para-hydroxylation sites is 1. The molecule has 226 valence electrons. The zero-order valence-electron chi connectivity index (χ0n) is 25.0. The maximum absolute atomic E-state index is 13.9. The van der Waals surface area contributed by atoms with Gasteiger partial charge in [-0.3, -0.25) is 19.3 Å². The fraction of sp³-hybridized carbons (Fsp3) is 0.545. The van der Waals surface area contributed by atoms with E-state index in [0.29, 0.717) is 56.9 Å². The van der Waals surface area contributed by atoms with Crippen molar-refractivity contribution < 1.29 is 23.9 Å². The van der Waals surface area contributed by atoms with Gasteiger partial charge in [-0.25, -0.2) is 0 Å². The van der Waals surface area contributed by atoms with Crippen LogP contribution in [0, 0.1) is 5.41 Å². The third-order valence-electron chi connectivity index (χ3n) is 8.22. The molecule has 2 aromatic carbocycles. The fourth-order valence-corrected chi connectivity index (χ4v) is 6.10. The molecule has 0 saturated carbocycles. The molecule has 0 radical (unpaired) electrons. The molecular weight excluding hydrogens is 532 g/mol. The van der Waals surface area contributed by atoms with Gasteiger partial charge < -0.3 is 25.0 Å². The van der Waals surface area contributed by atoms with Crippen molar-refractivity contribution in [1.82, 2.24) is 20.4 Å². The number of benzene rings is 2. The van der Waals surface area contributed by atoms with E-state index in [0.717, 1.165) is 18.4 Å². The third-order valence-corrected chi connectivity index (χ3v) is 8.22. The number of carbonyl (C=O) groups is 3. The number of nitrogens with one attached hydrogen (secondary N) is 2. The summed E-state index contributed by atoms with van der Waals surface area (Å²) in [5, 5.41) is 6.28. The first-order valence-electron chi connectivity index (χ1n) is 15.2. The Kier molecular flexibility index (Phi) is 9.48. The molecule has 2 saturated heterocycles. The second-order valence-corrected chi connectivity index (χ2v) is 12.9. The van der Waals surface area contributed by atoms with E-state index >= 15 is 0 Å². The van der Waals surface area contributed by atoms with E-state index in [1.54, 1.807) is 11.0 Å². The van der Waals surface area contributed by atoms with Crippen LogP contribution in [-0.4, -0.2) is 84.6 Å². The third kappa shape index (κ3) is 7.69. The molecule has 3 heterocycles. The smallest absolute Gasteiger partial charge is 0.258 e. The Balaban J connectivity index is 1.38. The van der Waals surface area contributed by atoms with Crippen molar-refractivity contribution >= 4 is 17.7 Å². The van der Waals surface area contributed by atoms with Crippen LogP contribution >= 0.6 is 0 Å². The van der Waals surface area contributed by atoms with Crippen LogP contribution in [0.4, 0.5) is 0 Å². The van der Waals surface area contributed by atoms with Crippen LogP contribution in [-0.2, 0) is 20.9 Å². The molecule has 0 spiro atoms. The lowest BCUT2D eigenvalue weighted by Gasteiger charge is -2.42. The minimum absolute atomic E-state index is 0.0131. The van der Waals surface area contributed by atoms with Gasteiger partial charge >= 0.3 is 0 Å². The van der Waals surface area contributed by atoms with Crippen molar-refractivity contribution in [2.75, 3.05) is 32.8 Å². The van der Waals surface area contributed by atoms with Crippen molar-refractivity contribution in [2.24, 2.45) is 5.41 Å². The van der Waals surface area contributed by atoms with E-state index in [1.807, 2.05) is 57.2 Å². The van der Waals surface area contributed by atoms with E-state index < -0.39 is 6.04 Å². The van der Waals surface area contributed by atoms with Crippen molar-refractivity contribution in [3.8, 4) is 5.75 Å². The van der Waals surface area contributed by atoms with Crippen molar-refractivity contribution in [3.63, 3.8) is 0 Å². The highest BCUT2D eigenvalue weighted by Crippen LogP contribution is 2.27. The van der Waals surface area contributed by atoms with Crippen LogP contribution < -0.4 is 15.4 Å². The van der Waals surface area contributed by atoms with Crippen LogP contribution in [0.2, 0.25) is 0 Å². The predicted molar refractivity (Wildman–Crippen MR) is 160 cm³/mol. The molecule has 3 aliphatic rings. The van der Waals surface area contributed by atoms with Gasteiger partial charge in [0.05, 0.1) is 30.4 Å². The quantitative estimate of drug-likeness (QED) is 0.579. The number of hydrogen-bond donors (Lipinski definition) is 2. The zero-order valence-corrected chi connectivity index (χ0v) is 25.0. The van der Waals surface area contributed by atoms with Gasteiger partial charge in [-0.05, 0) is 36.0 Å². The predicted octanol–water partition coefficient (Wildman–Crippen LogP) is 3.38. The van der Waals surface area contributed by atoms with Crippen molar-refractivity contribution in [2.45, 2.75) is 77.3 Å². The molecule has 3 amide bonds. The second-order valence-electron chi connectivity index (χ2n) is 12.9. The summed E-state index contributed by atoms with van der Waals surface area (Å²) in [4.78, 5) is 44.5. The molecule has 2 aromatic rings. The molecule has 9 nitrogen and oxygen atoms in total. The first kappa shape index (κ1) is 30.0. The number of amides is 3. The Morgan fingerprint density at radius 3 is 2.55 bits per heavy atom. The first-order chi connectivity index (χ1) is 20.2. The second kappa shape index (κ2) is 13.3.